The minimum Gasteiger partial charge on any atom is -0.480 e. The summed E-state index contributed by atoms with van der Waals surface area (Å²) in [6.07, 6.45) is 1.48. The lowest BCUT2D eigenvalue weighted by atomic mass is 9.96. The van der Waals surface area contributed by atoms with E-state index < -0.39 is 11.5 Å². The first-order chi connectivity index (χ1) is 9.37. The van der Waals surface area contributed by atoms with Gasteiger partial charge >= 0.3 is 5.97 Å². The van der Waals surface area contributed by atoms with Gasteiger partial charge in [-0.25, -0.2) is 0 Å². The minimum absolute atomic E-state index is 0.196. The van der Waals surface area contributed by atoms with E-state index in [1.165, 1.54) is 0 Å². The van der Waals surface area contributed by atoms with Crippen LogP contribution in [0.2, 0.25) is 5.02 Å². The highest BCUT2D eigenvalue weighted by Crippen LogP contribution is 2.29. The Morgan fingerprint density at radius 2 is 2.05 bits per heavy atom. The monoisotopic (exact) mass is 315 g/mol. The van der Waals surface area contributed by atoms with Crippen LogP contribution in [0.5, 0.6) is 0 Å². The van der Waals surface area contributed by atoms with Crippen molar-refractivity contribution in [3.63, 3.8) is 0 Å². The molecule has 2 unspecified atom stereocenters. The van der Waals surface area contributed by atoms with Crippen LogP contribution in [-0.2, 0) is 4.79 Å². The van der Waals surface area contributed by atoms with Gasteiger partial charge in [0.1, 0.15) is 5.54 Å². The quantitative estimate of drug-likeness (QED) is 0.710. The van der Waals surface area contributed by atoms with Crippen LogP contribution >= 0.6 is 23.4 Å². The Hall–Kier alpha value is -0.710. The van der Waals surface area contributed by atoms with E-state index in [9.17, 15) is 9.90 Å². The lowest BCUT2D eigenvalue weighted by Crippen LogP contribution is -2.51. The average molecular weight is 316 g/mol. The molecule has 5 heteroatoms. The van der Waals surface area contributed by atoms with E-state index in [1.54, 1.807) is 18.7 Å². The summed E-state index contributed by atoms with van der Waals surface area (Å²) in [4.78, 5) is 12.6. The van der Waals surface area contributed by atoms with E-state index in [-0.39, 0.29) is 5.25 Å². The molecule has 0 aromatic heterocycles. The number of aliphatic carboxylic acids is 1. The summed E-state index contributed by atoms with van der Waals surface area (Å²) in [5.74, 6) is -0.797. The standard InChI is InChI=1S/C15H22ClNO2S/c1-4-9-17-15(3,14(18)19)10-11(2)20-13-7-5-12(16)6-8-13/h5-8,11,17H,4,9-10H2,1-3H3,(H,18,19). The van der Waals surface area contributed by atoms with Crippen LogP contribution in [0.25, 0.3) is 0 Å². The van der Waals surface area contributed by atoms with Gasteiger partial charge in [0.15, 0.2) is 0 Å². The molecule has 0 saturated carbocycles. The van der Waals surface area contributed by atoms with E-state index in [0.29, 0.717) is 18.0 Å². The third kappa shape index (κ3) is 5.35. The first-order valence-electron chi connectivity index (χ1n) is 6.78. The van der Waals surface area contributed by atoms with Crippen LogP contribution < -0.4 is 5.32 Å². The highest BCUT2D eigenvalue weighted by molar-refractivity contribution is 7.99. The van der Waals surface area contributed by atoms with Crippen molar-refractivity contribution in [2.45, 2.75) is 49.3 Å². The van der Waals surface area contributed by atoms with E-state index in [1.807, 2.05) is 38.1 Å². The maximum absolute atomic E-state index is 11.5. The smallest absolute Gasteiger partial charge is 0.323 e. The molecule has 0 bridgehead atoms. The fourth-order valence-electron chi connectivity index (χ4n) is 2.00. The number of carboxylic acid groups (broad SMARTS) is 1. The Kier molecular flexibility index (Phi) is 6.86. The van der Waals surface area contributed by atoms with Crippen LogP contribution in [0.4, 0.5) is 0 Å². The van der Waals surface area contributed by atoms with Crippen LogP contribution in [0.15, 0.2) is 29.2 Å². The summed E-state index contributed by atoms with van der Waals surface area (Å²) in [5, 5.41) is 13.5. The van der Waals surface area contributed by atoms with E-state index >= 15 is 0 Å². The average Bonchev–Trinajstić information content (AvgIpc) is 2.39. The van der Waals surface area contributed by atoms with Gasteiger partial charge < -0.3 is 10.4 Å². The third-order valence-corrected chi connectivity index (χ3v) is 4.45. The molecule has 1 aromatic carbocycles. The van der Waals surface area contributed by atoms with E-state index in [0.717, 1.165) is 11.3 Å². The third-order valence-electron chi connectivity index (χ3n) is 3.08. The number of hydrogen-bond donors (Lipinski definition) is 2. The van der Waals surface area contributed by atoms with Gasteiger partial charge in [-0.15, -0.1) is 11.8 Å². The molecule has 0 fully saturated rings. The number of halogens is 1. The van der Waals surface area contributed by atoms with Crippen molar-refractivity contribution in [1.29, 1.82) is 0 Å². The van der Waals surface area contributed by atoms with Crippen molar-refractivity contribution >= 4 is 29.3 Å². The maximum atomic E-state index is 11.5. The summed E-state index contributed by atoms with van der Waals surface area (Å²) < 4.78 is 0. The minimum atomic E-state index is -0.880. The Labute approximate surface area is 130 Å². The number of carbonyl (C=O) groups is 1. The van der Waals surface area contributed by atoms with Crippen LogP contribution in [-0.4, -0.2) is 28.4 Å². The van der Waals surface area contributed by atoms with Gasteiger partial charge in [0.2, 0.25) is 0 Å². The second-order valence-corrected chi connectivity index (χ2v) is 7.10. The Morgan fingerprint density at radius 1 is 1.45 bits per heavy atom. The van der Waals surface area contributed by atoms with Crippen LogP contribution in [0.1, 0.15) is 33.6 Å². The second kappa shape index (κ2) is 7.91. The number of nitrogens with one attached hydrogen (secondary N) is 1. The van der Waals surface area contributed by atoms with Crippen molar-refractivity contribution in [3.05, 3.63) is 29.3 Å². The summed E-state index contributed by atoms with van der Waals surface area (Å²) in [6.45, 7) is 6.54. The van der Waals surface area contributed by atoms with Gasteiger partial charge in [-0.3, -0.25) is 4.79 Å². The maximum Gasteiger partial charge on any atom is 0.323 e. The van der Waals surface area contributed by atoms with Crippen molar-refractivity contribution < 1.29 is 9.90 Å². The van der Waals surface area contributed by atoms with Crippen LogP contribution in [0.3, 0.4) is 0 Å². The number of thioether (sulfide) groups is 1. The topological polar surface area (TPSA) is 49.3 Å². The van der Waals surface area contributed by atoms with Gasteiger partial charge in [-0.2, -0.15) is 0 Å². The molecule has 0 saturated heterocycles. The Bertz CT molecular complexity index is 438. The van der Waals surface area contributed by atoms with Gasteiger partial charge in [0.25, 0.3) is 0 Å². The molecule has 2 atom stereocenters. The normalized spacial score (nSPS) is 15.6. The lowest BCUT2D eigenvalue weighted by molar-refractivity contribution is -0.144. The summed E-state index contributed by atoms with van der Waals surface area (Å²) in [7, 11) is 0. The van der Waals surface area contributed by atoms with Crippen molar-refractivity contribution in [1.82, 2.24) is 5.32 Å². The van der Waals surface area contributed by atoms with E-state index in [4.69, 9.17) is 11.6 Å². The predicted molar refractivity (Wildman–Crippen MR) is 85.7 cm³/mol. The SMILES string of the molecule is CCCNC(C)(CC(C)Sc1ccc(Cl)cc1)C(=O)O. The summed E-state index contributed by atoms with van der Waals surface area (Å²) in [6, 6.07) is 7.62. The zero-order valence-electron chi connectivity index (χ0n) is 12.1. The highest BCUT2D eigenvalue weighted by atomic mass is 35.5. The molecular formula is C15H22ClNO2S. The largest absolute Gasteiger partial charge is 0.480 e. The molecule has 1 aromatic rings. The molecular weight excluding hydrogens is 294 g/mol. The molecule has 112 valence electrons. The summed E-state index contributed by atoms with van der Waals surface area (Å²) in [5.41, 5.74) is -0.880. The molecule has 2 N–H and O–H groups in total. The molecule has 1 rings (SSSR count). The molecule has 3 nitrogen and oxygen atoms in total. The van der Waals surface area contributed by atoms with Crippen LogP contribution in [0, 0.1) is 0 Å². The van der Waals surface area contributed by atoms with Gasteiger partial charge in [0, 0.05) is 15.2 Å². The first-order valence-corrected chi connectivity index (χ1v) is 8.04. The molecule has 0 aliphatic rings. The predicted octanol–water partition coefficient (Wildman–Crippen LogP) is 4.05. The van der Waals surface area contributed by atoms with Crippen molar-refractivity contribution in [3.8, 4) is 0 Å². The van der Waals surface area contributed by atoms with Crippen molar-refractivity contribution in [2.24, 2.45) is 0 Å². The van der Waals surface area contributed by atoms with E-state index in [2.05, 4.69) is 5.32 Å². The van der Waals surface area contributed by atoms with Gasteiger partial charge in [-0.05, 0) is 50.6 Å². The fraction of sp³-hybridized carbons (Fsp3) is 0.533. The zero-order chi connectivity index (χ0) is 15.2. The zero-order valence-corrected chi connectivity index (χ0v) is 13.7. The number of hydrogen-bond acceptors (Lipinski definition) is 3. The van der Waals surface area contributed by atoms with Gasteiger partial charge in [0.05, 0.1) is 0 Å². The molecule has 0 spiro atoms. The number of rotatable bonds is 8. The fourth-order valence-corrected chi connectivity index (χ4v) is 3.30. The molecule has 20 heavy (non-hydrogen) atoms. The van der Waals surface area contributed by atoms with Crippen molar-refractivity contribution in [2.75, 3.05) is 6.54 Å². The molecule has 0 heterocycles. The molecule has 0 radical (unpaired) electrons. The number of benzene rings is 1. The Balaban J connectivity index is 2.64. The first kappa shape index (κ1) is 17.3. The number of carboxylic acids is 1. The molecule has 0 aliphatic carbocycles. The summed E-state index contributed by atoms with van der Waals surface area (Å²) >= 11 is 7.52. The second-order valence-electron chi connectivity index (χ2n) is 5.15. The van der Waals surface area contributed by atoms with Gasteiger partial charge in [-0.1, -0.05) is 25.4 Å². The Morgan fingerprint density at radius 3 is 2.55 bits per heavy atom. The lowest BCUT2D eigenvalue weighted by Gasteiger charge is -2.29. The molecule has 0 amide bonds. The molecule has 0 aliphatic heterocycles. The highest BCUT2D eigenvalue weighted by Gasteiger charge is 2.34.